The highest BCUT2D eigenvalue weighted by molar-refractivity contribution is 6.35. The highest BCUT2D eigenvalue weighted by atomic mass is 35.5. The highest BCUT2D eigenvalue weighted by Gasteiger charge is 2.27. The zero-order chi connectivity index (χ0) is 17.4. The Bertz CT molecular complexity index is 757. The number of fused-ring (bicyclic) bond motifs is 1. The maximum Gasteiger partial charge on any atom is 0.0642 e. The highest BCUT2D eigenvalue weighted by Crippen LogP contribution is 2.38. The third-order valence-corrected chi connectivity index (χ3v) is 5.72. The molecule has 0 aromatic heterocycles. The maximum absolute atomic E-state index is 6.46. The van der Waals surface area contributed by atoms with Gasteiger partial charge in [0.2, 0.25) is 0 Å². The number of hydrogen-bond donors (Lipinski definition) is 0. The van der Waals surface area contributed by atoms with Crippen molar-refractivity contribution in [2.45, 2.75) is 12.5 Å². The van der Waals surface area contributed by atoms with E-state index in [1.807, 2.05) is 6.07 Å². The molecule has 2 aromatic rings. The van der Waals surface area contributed by atoms with Gasteiger partial charge in [-0.15, -0.1) is 0 Å². The summed E-state index contributed by atoms with van der Waals surface area (Å²) in [5.41, 5.74) is 5.03. The minimum atomic E-state index is 0.295. The molecule has 0 amide bonds. The van der Waals surface area contributed by atoms with Gasteiger partial charge in [0.1, 0.15) is 0 Å². The minimum absolute atomic E-state index is 0.295. The van der Waals surface area contributed by atoms with Crippen molar-refractivity contribution in [1.82, 2.24) is 4.90 Å². The quantitative estimate of drug-likeness (QED) is 0.771. The van der Waals surface area contributed by atoms with E-state index in [9.17, 15) is 0 Å². The van der Waals surface area contributed by atoms with E-state index in [1.165, 1.54) is 22.4 Å². The van der Waals surface area contributed by atoms with E-state index >= 15 is 0 Å². The van der Waals surface area contributed by atoms with E-state index in [-0.39, 0.29) is 0 Å². The minimum Gasteiger partial charge on any atom is -0.378 e. The zero-order valence-corrected chi connectivity index (χ0v) is 15.9. The monoisotopic (exact) mass is 376 g/mol. The number of rotatable bonds is 2. The molecule has 1 saturated heterocycles. The van der Waals surface area contributed by atoms with E-state index in [4.69, 9.17) is 27.9 Å². The van der Waals surface area contributed by atoms with Crippen molar-refractivity contribution >= 4 is 28.9 Å². The van der Waals surface area contributed by atoms with Gasteiger partial charge in [-0.1, -0.05) is 35.3 Å². The lowest BCUT2D eigenvalue weighted by atomic mass is 9.84. The predicted molar refractivity (Wildman–Crippen MR) is 104 cm³/mol. The summed E-state index contributed by atoms with van der Waals surface area (Å²) < 4.78 is 5.44. The Morgan fingerprint density at radius 1 is 1.04 bits per heavy atom. The first-order chi connectivity index (χ1) is 12.1. The van der Waals surface area contributed by atoms with Gasteiger partial charge < -0.3 is 14.5 Å². The molecule has 2 aliphatic heterocycles. The SMILES string of the molecule is CN1Cc2c(Cl)cc(Cl)cc2C(c2ccc(N3CCOCC3)cc2)C1. The van der Waals surface area contributed by atoms with Gasteiger partial charge in [-0.25, -0.2) is 0 Å². The van der Waals surface area contributed by atoms with Crippen LogP contribution >= 0.6 is 23.2 Å². The van der Waals surface area contributed by atoms with Crippen LogP contribution in [0, 0.1) is 0 Å². The molecule has 1 unspecified atom stereocenters. The Hall–Kier alpha value is -1.26. The second-order valence-electron chi connectivity index (χ2n) is 6.90. The summed E-state index contributed by atoms with van der Waals surface area (Å²) in [4.78, 5) is 4.70. The molecule has 1 atom stereocenters. The number of likely N-dealkylation sites (N-methyl/N-ethyl adjacent to an activating group) is 1. The number of benzene rings is 2. The molecule has 2 aromatic carbocycles. The lowest BCUT2D eigenvalue weighted by Gasteiger charge is -2.34. The van der Waals surface area contributed by atoms with Crippen LogP contribution in [0.5, 0.6) is 0 Å². The van der Waals surface area contributed by atoms with E-state index < -0.39 is 0 Å². The Kier molecular flexibility index (Phi) is 4.92. The number of halogens is 2. The summed E-state index contributed by atoms with van der Waals surface area (Å²) in [7, 11) is 2.14. The average molecular weight is 377 g/mol. The third kappa shape index (κ3) is 3.52. The first-order valence-corrected chi connectivity index (χ1v) is 9.46. The largest absolute Gasteiger partial charge is 0.378 e. The molecule has 4 rings (SSSR count). The summed E-state index contributed by atoms with van der Waals surface area (Å²) in [6, 6.07) is 12.9. The molecule has 2 aliphatic rings. The average Bonchev–Trinajstić information content (AvgIpc) is 2.63. The van der Waals surface area contributed by atoms with Crippen LogP contribution in [-0.2, 0) is 11.3 Å². The molecule has 25 heavy (non-hydrogen) atoms. The van der Waals surface area contributed by atoms with Crippen LogP contribution in [0.15, 0.2) is 36.4 Å². The van der Waals surface area contributed by atoms with Crippen LogP contribution in [0.3, 0.4) is 0 Å². The maximum atomic E-state index is 6.46. The van der Waals surface area contributed by atoms with E-state index in [1.54, 1.807) is 0 Å². The molecule has 0 spiro atoms. The lowest BCUT2D eigenvalue weighted by molar-refractivity contribution is 0.122. The molecule has 5 heteroatoms. The topological polar surface area (TPSA) is 15.7 Å². The second-order valence-corrected chi connectivity index (χ2v) is 7.74. The van der Waals surface area contributed by atoms with Crippen LogP contribution in [0.1, 0.15) is 22.6 Å². The van der Waals surface area contributed by atoms with Crippen LogP contribution < -0.4 is 4.90 Å². The molecule has 1 fully saturated rings. The Morgan fingerprint density at radius 2 is 1.76 bits per heavy atom. The molecule has 0 N–H and O–H groups in total. The number of anilines is 1. The molecule has 0 aliphatic carbocycles. The van der Waals surface area contributed by atoms with Crippen LogP contribution in [0.25, 0.3) is 0 Å². The van der Waals surface area contributed by atoms with Gasteiger partial charge in [0, 0.05) is 47.8 Å². The Labute approximate surface area is 159 Å². The molecule has 0 radical (unpaired) electrons. The third-order valence-electron chi connectivity index (χ3n) is 5.16. The van der Waals surface area contributed by atoms with Crippen molar-refractivity contribution < 1.29 is 4.74 Å². The van der Waals surface area contributed by atoms with E-state index in [0.717, 1.165) is 44.4 Å². The van der Waals surface area contributed by atoms with Gasteiger partial charge in [0.15, 0.2) is 0 Å². The zero-order valence-electron chi connectivity index (χ0n) is 14.3. The molecule has 0 saturated carbocycles. The fourth-order valence-electron chi connectivity index (χ4n) is 3.87. The smallest absolute Gasteiger partial charge is 0.0642 e. The number of ether oxygens (including phenoxy) is 1. The summed E-state index contributed by atoms with van der Waals surface area (Å²) in [5, 5.41) is 1.48. The lowest BCUT2D eigenvalue weighted by Crippen LogP contribution is -2.36. The number of hydrogen-bond acceptors (Lipinski definition) is 3. The summed E-state index contributed by atoms with van der Waals surface area (Å²) >= 11 is 12.7. The summed E-state index contributed by atoms with van der Waals surface area (Å²) in [5.74, 6) is 0.295. The van der Waals surface area contributed by atoms with Crippen molar-refractivity contribution in [2.24, 2.45) is 0 Å². The van der Waals surface area contributed by atoms with Crippen LogP contribution in [0.2, 0.25) is 10.0 Å². The van der Waals surface area contributed by atoms with E-state index in [0.29, 0.717) is 10.9 Å². The molecule has 0 bridgehead atoms. The van der Waals surface area contributed by atoms with Gasteiger partial charge in [0.25, 0.3) is 0 Å². The van der Waals surface area contributed by atoms with Gasteiger partial charge in [0.05, 0.1) is 13.2 Å². The molecule has 132 valence electrons. The Balaban J connectivity index is 1.66. The molecular formula is C20H22Cl2N2O. The van der Waals surface area contributed by atoms with Gasteiger partial charge in [-0.2, -0.15) is 0 Å². The fraction of sp³-hybridized carbons (Fsp3) is 0.400. The van der Waals surface area contributed by atoms with Crippen molar-refractivity contribution in [3.8, 4) is 0 Å². The van der Waals surface area contributed by atoms with Crippen molar-refractivity contribution in [2.75, 3.05) is 44.8 Å². The predicted octanol–water partition coefficient (Wildman–Crippen LogP) is 4.41. The standard InChI is InChI=1S/C20H22Cl2N2O/c1-23-12-18(17-10-15(21)11-20(22)19(17)13-23)14-2-4-16(5-3-14)24-6-8-25-9-7-24/h2-5,10-11,18H,6-9,12-13H2,1H3. The fourth-order valence-corrected chi connectivity index (χ4v) is 4.44. The van der Waals surface area contributed by atoms with Crippen LogP contribution in [-0.4, -0.2) is 44.8 Å². The van der Waals surface area contributed by atoms with Crippen molar-refractivity contribution in [1.29, 1.82) is 0 Å². The summed E-state index contributed by atoms with van der Waals surface area (Å²) in [6.45, 7) is 5.37. The molecular weight excluding hydrogens is 355 g/mol. The molecule has 2 heterocycles. The summed E-state index contributed by atoms with van der Waals surface area (Å²) in [6.07, 6.45) is 0. The van der Waals surface area contributed by atoms with Crippen molar-refractivity contribution in [3.63, 3.8) is 0 Å². The van der Waals surface area contributed by atoms with Gasteiger partial charge >= 0.3 is 0 Å². The van der Waals surface area contributed by atoms with Crippen molar-refractivity contribution in [3.05, 3.63) is 63.1 Å². The molecule has 3 nitrogen and oxygen atoms in total. The first-order valence-electron chi connectivity index (χ1n) is 8.71. The van der Waals surface area contributed by atoms with E-state index in [2.05, 4.69) is 47.2 Å². The Morgan fingerprint density at radius 3 is 2.48 bits per heavy atom. The normalized spacial score (nSPS) is 21.2. The van der Waals surface area contributed by atoms with Gasteiger partial charge in [-0.3, -0.25) is 0 Å². The van der Waals surface area contributed by atoms with Gasteiger partial charge in [-0.05, 0) is 48.0 Å². The number of morpholine rings is 1. The first kappa shape index (κ1) is 17.2. The second kappa shape index (κ2) is 7.16. The number of nitrogens with zero attached hydrogens (tertiary/aromatic N) is 2. The van der Waals surface area contributed by atoms with Crippen LogP contribution in [0.4, 0.5) is 5.69 Å².